The fraction of sp³-hybridized carbons (Fsp3) is 0.474. The second-order valence-electron chi connectivity index (χ2n) is 6.73. The number of hydrogen-bond acceptors (Lipinski definition) is 7. The lowest BCUT2D eigenvalue weighted by Crippen LogP contribution is -2.34. The van der Waals surface area contributed by atoms with Gasteiger partial charge in [-0.15, -0.1) is 11.3 Å². The molecule has 1 aromatic carbocycles. The third-order valence-corrected chi connectivity index (χ3v) is 5.20. The number of aliphatic hydroxyl groups is 2. The van der Waals surface area contributed by atoms with Gasteiger partial charge in [-0.3, -0.25) is 4.90 Å². The van der Waals surface area contributed by atoms with E-state index in [4.69, 9.17) is 9.84 Å². The third-order valence-electron chi connectivity index (χ3n) is 4.30. The van der Waals surface area contributed by atoms with E-state index in [1.54, 1.807) is 29.2 Å². The number of rotatable bonds is 11. The maximum atomic E-state index is 12.7. The first-order valence-corrected chi connectivity index (χ1v) is 9.96. The Bertz CT molecular complexity index is 813. The lowest BCUT2D eigenvalue weighted by Gasteiger charge is -2.27. The Hall–Kier alpha value is -2.21. The number of alkyl halides is 3. The molecule has 0 saturated heterocycles. The summed E-state index contributed by atoms with van der Waals surface area (Å²) >= 11 is 0.430. The van der Waals surface area contributed by atoms with Gasteiger partial charge in [0, 0.05) is 25.0 Å². The number of aliphatic carboxylic acids is 1. The zero-order valence-corrected chi connectivity index (χ0v) is 17.0. The summed E-state index contributed by atoms with van der Waals surface area (Å²) in [5, 5.41) is 28.4. The summed E-state index contributed by atoms with van der Waals surface area (Å²) in [5.74, 6) is -0.688. The minimum Gasteiger partial charge on any atom is -0.482 e. The minimum absolute atomic E-state index is 0.0196. The maximum absolute atomic E-state index is 12.7. The molecule has 2 aromatic rings. The molecular weight excluding hydrogens is 425 g/mol. The number of carboxylic acids is 1. The van der Waals surface area contributed by atoms with E-state index in [2.05, 4.69) is 4.98 Å². The first-order chi connectivity index (χ1) is 14.1. The van der Waals surface area contributed by atoms with Crippen molar-refractivity contribution in [1.82, 2.24) is 9.88 Å². The molecule has 0 fully saturated rings. The SMILES string of the molecule is CC(CN(CCO)CC(O)c1csc(C(F)(F)F)n1)c1ccc(OCC(=O)O)cc1. The van der Waals surface area contributed by atoms with E-state index in [0.29, 0.717) is 23.6 Å². The van der Waals surface area contributed by atoms with Crippen LogP contribution in [-0.2, 0) is 11.0 Å². The molecule has 166 valence electrons. The van der Waals surface area contributed by atoms with Crippen LogP contribution in [0.5, 0.6) is 5.75 Å². The average molecular weight is 448 g/mol. The van der Waals surface area contributed by atoms with Gasteiger partial charge >= 0.3 is 12.1 Å². The monoisotopic (exact) mass is 448 g/mol. The van der Waals surface area contributed by atoms with Gasteiger partial charge < -0.3 is 20.1 Å². The van der Waals surface area contributed by atoms with Gasteiger partial charge in [-0.2, -0.15) is 13.2 Å². The molecule has 2 rings (SSSR count). The fourth-order valence-corrected chi connectivity index (χ4v) is 3.57. The summed E-state index contributed by atoms with van der Waals surface area (Å²) in [7, 11) is 0. The molecule has 2 unspecified atom stereocenters. The molecule has 0 saturated carbocycles. The van der Waals surface area contributed by atoms with Gasteiger partial charge in [0.1, 0.15) is 11.9 Å². The van der Waals surface area contributed by atoms with Crippen molar-refractivity contribution in [2.24, 2.45) is 0 Å². The van der Waals surface area contributed by atoms with Crippen molar-refractivity contribution in [1.29, 1.82) is 0 Å². The number of nitrogens with zero attached hydrogens (tertiary/aromatic N) is 2. The Balaban J connectivity index is 1.98. The lowest BCUT2D eigenvalue weighted by atomic mass is 10.00. The van der Waals surface area contributed by atoms with Gasteiger partial charge in [0.2, 0.25) is 0 Å². The third kappa shape index (κ3) is 7.24. The van der Waals surface area contributed by atoms with Crippen LogP contribution in [0.4, 0.5) is 13.2 Å². The number of aliphatic hydroxyl groups excluding tert-OH is 2. The lowest BCUT2D eigenvalue weighted by molar-refractivity contribution is -0.139. The summed E-state index contributed by atoms with van der Waals surface area (Å²) < 4.78 is 43.2. The summed E-state index contributed by atoms with van der Waals surface area (Å²) in [4.78, 5) is 15.8. The van der Waals surface area contributed by atoms with Gasteiger partial charge in [0.05, 0.1) is 12.3 Å². The molecule has 0 aliphatic heterocycles. The molecule has 2 atom stereocenters. The molecule has 1 heterocycles. The van der Waals surface area contributed by atoms with Crippen molar-refractivity contribution in [2.75, 3.05) is 32.8 Å². The fourth-order valence-electron chi connectivity index (χ4n) is 2.84. The van der Waals surface area contributed by atoms with Gasteiger partial charge in [-0.05, 0) is 23.6 Å². The molecule has 7 nitrogen and oxygen atoms in total. The highest BCUT2D eigenvalue weighted by atomic mass is 32.1. The van der Waals surface area contributed by atoms with Crippen LogP contribution in [0.1, 0.15) is 35.2 Å². The van der Waals surface area contributed by atoms with Crippen LogP contribution in [0.15, 0.2) is 29.6 Å². The predicted molar refractivity (Wildman–Crippen MR) is 104 cm³/mol. The topological polar surface area (TPSA) is 103 Å². The number of thiazole rings is 1. The molecule has 0 radical (unpaired) electrons. The Morgan fingerprint density at radius 1 is 1.27 bits per heavy atom. The highest BCUT2D eigenvalue weighted by Crippen LogP contribution is 2.33. The van der Waals surface area contributed by atoms with Crippen LogP contribution in [0.25, 0.3) is 0 Å². The Kier molecular flexibility index (Phi) is 8.59. The smallest absolute Gasteiger partial charge is 0.443 e. The predicted octanol–water partition coefficient (Wildman–Crippen LogP) is 2.76. The van der Waals surface area contributed by atoms with Crippen molar-refractivity contribution in [3.63, 3.8) is 0 Å². The number of aromatic nitrogens is 1. The van der Waals surface area contributed by atoms with Gasteiger partial charge in [-0.25, -0.2) is 9.78 Å². The molecule has 0 aliphatic rings. The average Bonchev–Trinajstić information content (AvgIpc) is 3.18. The summed E-state index contributed by atoms with van der Waals surface area (Å²) in [6.07, 6.45) is -5.77. The number of ether oxygens (including phenoxy) is 1. The van der Waals surface area contributed by atoms with Crippen LogP contribution < -0.4 is 4.74 Å². The standard InChI is InChI=1S/C19H23F3N2O5S/c1-12(13-2-4-14(5-3-13)29-10-17(27)28)8-24(6-7-25)9-16(26)15-11-30-18(23-15)19(20,21)22/h2-5,11-12,16,25-26H,6-10H2,1H3,(H,27,28). The molecule has 0 amide bonds. The van der Waals surface area contributed by atoms with Crippen molar-refractivity contribution in [2.45, 2.75) is 25.1 Å². The Morgan fingerprint density at radius 3 is 2.47 bits per heavy atom. The number of carbonyl (C=O) groups is 1. The molecule has 3 N–H and O–H groups in total. The van der Waals surface area contributed by atoms with Crippen molar-refractivity contribution in [3.8, 4) is 5.75 Å². The van der Waals surface area contributed by atoms with E-state index in [9.17, 15) is 28.2 Å². The summed E-state index contributed by atoms with van der Waals surface area (Å²) in [5.41, 5.74) is 0.867. The second kappa shape index (κ2) is 10.7. The number of halogens is 3. The van der Waals surface area contributed by atoms with Crippen LogP contribution >= 0.6 is 11.3 Å². The Labute approximate surface area is 175 Å². The first kappa shape index (κ1) is 24.1. The minimum atomic E-state index is -4.55. The van der Waals surface area contributed by atoms with Crippen molar-refractivity contribution >= 4 is 17.3 Å². The number of hydrogen-bond donors (Lipinski definition) is 3. The Morgan fingerprint density at radius 2 is 1.93 bits per heavy atom. The van der Waals surface area contributed by atoms with Crippen molar-refractivity contribution in [3.05, 3.63) is 45.9 Å². The van der Waals surface area contributed by atoms with Crippen LogP contribution in [-0.4, -0.2) is 64.0 Å². The summed E-state index contributed by atoms with van der Waals surface area (Å²) in [6, 6.07) is 6.86. The van der Waals surface area contributed by atoms with Crippen LogP contribution in [0, 0.1) is 0 Å². The molecule has 1 aromatic heterocycles. The van der Waals surface area contributed by atoms with Gasteiger partial charge in [0.25, 0.3) is 0 Å². The number of benzene rings is 1. The van der Waals surface area contributed by atoms with E-state index in [1.807, 2.05) is 6.92 Å². The largest absolute Gasteiger partial charge is 0.482 e. The van der Waals surface area contributed by atoms with Gasteiger partial charge in [-0.1, -0.05) is 19.1 Å². The van der Waals surface area contributed by atoms with E-state index < -0.39 is 29.9 Å². The second-order valence-corrected chi connectivity index (χ2v) is 7.58. The van der Waals surface area contributed by atoms with Crippen molar-refractivity contribution < 1.29 is 38.0 Å². The molecule has 11 heteroatoms. The first-order valence-electron chi connectivity index (χ1n) is 9.08. The molecule has 0 aliphatic carbocycles. The zero-order valence-electron chi connectivity index (χ0n) is 16.2. The molecular formula is C19H23F3N2O5S. The highest BCUT2D eigenvalue weighted by Gasteiger charge is 2.35. The zero-order chi connectivity index (χ0) is 22.3. The molecule has 0 bridgehead atoms. The van der Waals surface area contributed by atoms with E-state index in [1.165, 1.54) is 5.38 Å². The highest BCUT2D eigenvalue weighted by molar-refractivity contribution is 7.09. The molecule has 30 heavy (non-hydrogen) atoms. The normalized spacial score (nSPS) is 14.0. The maximum Gasteiger partial charge on any atom is 0.443 e. The molecule has 0 spiro atoms. The van der Waals surface area contributed by atoms with E-state index in [-0.39, 0.29) is 31.3 Å². The van der Waals surface area contributed by atoms with E-state index >= 15 is 0 Å². The van der Waals surface area contributed by atoms with Gasteiger partial charge in [0.15, 0.2) is 11.6 Å². The van der Waals surface area contributed by atoms with Crippen LogP contribution in [0.3, 0.4) is 0 Å². The summed E-state index contributed by atoms with van der Waals surface area (Å²) in [6.45, 7) is 2.00. The quantitative estimate of drug-likeness (QED) is 0.486. The van der Waals surface area contributed by atoms with Crippen LogP contribution in [0.2, 0.25) is 0 Å². The van der Waals surface area contributed by atoms with E-state index in [0.717, 1.165) is 5.56 Å². The number of carboxylic acid groups (broad SMARTS) is 1.